The minimum Gasteiger partial charge on any atom is -0.352 e. The van der Waals surface area contributed by atoms with Gasteiger partial charge in [-0.2, -0.15) is 0 Å². The molecular formula is C6H11BrO2. The van der Waals surface area contributed by atoms with Crippen LogP contribution in [0, 0.1) is 0 Å². The van der Waals surface area contributed by atoms with Crippen LogP contribution in [0.3, 0.4) is 0 Å². The van der Waals surface area contributed by atoms with Gasteiger partial charge in [0, 0.05) is 19.5 Å². The van der Waals surface area contributed by atoms with E-state index in [4.69, 9.17) is 9.47 Å². The summed E-state index contributed by atoms with van der Waals surface area (Å²) in [5.74, 6) is 0. The predicted octanol–water partition coefficient (Wildman–Crippen LogP) is 1.56. The van der Waals surface area contributed by atoms with E-state index in [1.54, 1.807) is 14.2 Å². The first-order valence-electron chi connectivity index (χ1n) is 2.55. The van der Waals surface area contributed by atoms with Crippen LogP contribution in [-0.4, -0.2) is 25.8 Å². The van der Waals surface area contributed by atoms with Crippen molar-refractivity contribution in [3.05, 3.63) is 12.2 Å². The van der Waals surface area contributed by atoms with Gasteiger partial charge in [0.2, 0.25) is 0 Å². The molecule has 0 aromatic rings. The van der Waals surface area contributed by atoms with E-state index < -0.39 is 0 Å². The number of rotatable bonds is 4. The summed E-state index contributed by atoms with van der Waals surface area (Å²) in [7, 11) is 3.17. The van der Waals surface area contributed by atoms with Crippen molar-refractivity contribution in [2.24, 2.45) is 0 Å². The molecule has 0 rings (SSSR count). The van der Waals surface area contributed by atoms with Gasteiger partial charge in [0.1, 0.15) is 0 Å². The van der Waals surface area contributed by atoms with Gasteiger partial charge in [-0.25, -0.2) is 0 Å². The normalized spacial score (nSPS) is 10.2. The highest BCUT2D eigenvalue weighted by molar-refractivity contribution is 9.09. The average molecular weight is 195 g/mol. The lowest BCUT2D eigenvalue weighted by atomic mass is 10.3. The van der Waals surface area contributed by atoms with Crippen LogP contribution in [-0.2, 0) is 9.47 Å². The molecule has 2 nitrogen and oxygen atoms in total. The second kappa shape index (κ2) is 4.97. The molecule has 0 saturated heterocycles. The summed E-state index contributed by atoms with van der Waals surface area (Å²) in [6, 6.07) is 0. The molecule has 0 aromatic carbocycles. The largest absolute Gasteiger partial charge is 0.352 e. The Morgan fingerprint density at radius 2 is 2.00 bits per heavy atom. The molecule has 0 spiro atoms. The summed E-state index contributed by atoms with van der Waals surface area (Å²) in [4.78, 5) is 0. The molecule has 0 heterocycles. The van der Waals surface area contributed by atoms with E-state index in [9.17, 15) is 0 Å². The first-order valence-corrected chi connectivity index (χ1v) is 3.67. The van der Waals surface area contributed by atoms with Crippen molar-refractivity contribution in [2.45, 2.75) is 6.29 Å². The predicted molar refractivity (Wildman–Crippen MR) is 40.7 cm³/mol. The minimum atomic E-state index is -0.274. The van der Waals surface area contributed by atoms with Gasteiger partial charge in [-0.1, -0.05) is 22.5 Å². The Hall–Kier alpha value is 0.140. The van der Waals surface area contributed by atoms with E-state index in [2.05, 4.69) is 22.5 Å². The van der Waals surface area contributed by atoms with Gasteiger partial charge < -0.3 is 9.47 Å². The van der Waals surface area contributed by atoms with Crippen LogP contribution in [0.1, 0.15) is 0 Å². The SMILES string of the molecule is C=C(CBr)C(OC)OC. The van der Waals surface area contributed by atoms with Gasteiger partial charge in [-0.15, -0.1) is 0 Å². The maximum absolute atomic E-state index is 4.90. The Morgan fingerprint density at radius 3 is 2.11 bits per heavy atom. The molecule has 0 aliphatic carbocycles. The lowest BCUT2D eigenvalue weighted by Crippen LogP contribution is -2.15. The van der Waals surface area contributed by atoms with E-state index in [1.165, 1.54) is 0 Å². The Kier molecular flexibility index (Phi) is 5.04. The third kappa shape index (κ3) is 2.98. The van der Waals surface area contributed by atoms with Gasteiger partial charge in [-0.3, -0.25) is 0 Å². The quantitative estimate of drug-likeness (QED) is 0.385. The fourth-order valence-electron chi connectivity index (χ4n) is 0.493. The van der Waals surface area contributed by atoms with Crippen LogP contribution < -0.4 is 0 Å². The van der Waals surface area contributed by atoms with Crippen LogP contribution in [0.5, 0.6) is 0 Å². The molecule has 0 fully saturated rings. The molecular weight excluding hydrogens is 184 g/mol. The van der Waals surface area contributed by atoms with E-state index in [1.807, 2.05) is 0 Å². The Morgan fingerprint density at radius 1 is 1.56 bits per heavy atom. The van der Waals surface area contributed by atoms with Crippen LogP contribution in [0.2, 0.25) is 0 Å². The third-order valence-corrected chi connectivity index (χ3v) is 1.65. The zero-order valence-corrected chi connectivity index (χ0v) is 7.27. The second-order valence-corrected chi connectivity index (χ2v) is 2.16. The van der Waals surface area contributed by atoms with Gasteiger partial charge in [-0.05, 0) is 5.57 Å². The highest BCUT2D eigenvalue weighted by atomic mass is 79.9. The summed E-state index contributed by atoms with van der Waals surface area (Å²) in [5, 5.41) is 0.708. The lowest BCUT2D eigenvalue weighted by Gasteiger charge is -2.13. The van der Waals surface area contributed by atoms with E-state index in [0.29, 0.717) is 5.33 Å². The molecule has 54 valence electrons. The highest BCUT2D eigenvalue weighted by Gasteiger charge is 2.06. The molecule has 0 unspecified atom stereocenters. The molecule has 0 saturated carbocycles. The molecule has 0 bridgehead atoms. The van der Waals surface area contributed by atoms with Crippen LogP contribution >= 0.6 is 15.9 Å². The van der Waals surface area contributed by atoms with Crippen LogP contribution in [0.4, 0.5) is 0 Å². The maximum atomic E-state index is 4.90. The van der Waals surface area contributed by atoms with Crippen LogP contribution in [0.15, 0.2) is 12.2 Å². The van der Waals surface area contributed by atoms with Crippen molar-refractivity contribution in [2.75, 3.05) is 19.5 Å². The monoisotopic (exact) mass is 194 g/mol. The molecule has 0 atom stereocenters. The topological polar surface area (TPSA) is 18.5 Å². The van der Waals surface area contributed by atoms with E-state index in [0.717, 1.165) is 5.57 Å². The number of halogens is 1. The number of alkyl halides is 1. The summed E-state index contributed by atoms with van der Waals surface area (Å²) < 4.78 is 9.80. The summed E-state index contributed by atoms with van der Waals surface area (Å²) in [6.45, 7) is 3.72. The number of ether oxygens (including phenoxy) is 2. The third-order valence-electron chi connectivity index (χ3n) is 0.933. The molecule has 9 heavy (non-hydrogen) atoms. The van der Waals surface area contributed by atoms with Crippen LogP contribution in [0.25, 0.3) is 0 Å². The molecule has 0 N–H and O–H groups in total. The zero-order chi connectivity index (χ0) is 7.28. The number of hydrogen-bond donors (Lipinski definition) is 0. The smallest absolute Gasteiger partial charge is 0.179 e. The Bertz CT molecular complexity index is 89.1. The summed E-state index contributed by atoms with van der Waals surface area (Å²) >= 11 is 3.24. The van der Waals surface area contributed by atoms with E-state index >= 15 is 0 Å². The standard InChI is InChI=1S/C6H11BrO2/c1-5(4-7)6(8-2)9-3/h6H,1,4H2,2-3H3. The van der Waals surface area contributed by atoms with Crippen molar-refractivity contribution in [3.63, 3.8) is 0 Å². The van der Waals surface area contributed by atoms with Crippen molar-refractivity contribution in [1.82, 2.24) is 0 Å². The maximum Gasteiger partial charge on any atom is 0.179 e. The highest BCUT2D eigenvalue weighted by Crippen LogP contribution is 2.06. The molecule has 0 aromatic heterocycles. The fraction of sp³-hybridized carbons (Fsp3) is 0.667. The number of methoxy groups -OCH3 is 2. The first-order chi connectivity index (χ1) is 4.26. The second-order valence-electron chi connectivity index (χ2n) is 1.60. The summed E-state index contributed by atoms with van der Waals surface area (Å²) in [6.07, 6.45) is -0.274. The van der Waals surface area contributed by atoms with Crippen molar-refractivity contribution < 1.29 is 9.47 Å². The first kappa shape index (κ1) is 9.14. The average Bonchev–Trinajstić information content (AvgIpc) is 1.90. The number of hydrogen-bond acceptors (Lipinski definition) is 2. The van der Waals surface area contributed by atoms with Crippen molar-refractivity contribution in [1.29, 1.82) is 0 Å². The summed E-state index contributed by atoms with van der Waals surface area (Å²) in [5.41, 5.74) is 0.889. The van der Waals surface area contributed by atoms with Gasteiger partial charge in [0.05, 0.1) is 0 Å². The van der Waals surface area contributed by atoms with Gasteiger partial charge in [0.15, 0.2) is 6.29 Å². The van der Waals surface area contributed by atoms with Gasteiger partial charge in [0.25, 0.3) is 0 Å². The Balaban J connectivity index is 3.64. The zero-order valence-electron chi connectivity index (χ0n) is 5.69. The Labute approximate surface area is 64.0 Å². The molecule has 0 aliphatic heterocycles. The van der Waals surface area contributed by atoms with Crippen molar-refractivity contribution in [3.8, 4) is 0 Å². The molecule has 0 amide bonds. The molecule has 0 aliphatic rings. The molecule has 3 heteroatoms. The van der Waals surface area contributed by atoms with Crippen molar-refractivity contribution >= 4 is 15.9 Å². The van der Waals surface area contributed by atoms with E-state index in [-0.39, 0.29) is 6.29 Å². The minimum absolute atomic E-state index is 0.274. The van der Waals surface area contributed by atoms with Gasteiger partial charge >= 0.3 is 0 Å². The lowest BCUT2D eigenvalue weighted by molar-refractivity contribution is -0.0739. The molecule has 0 radical (unpaired) electrons. The fourth-order valence-corrected chi connectivity index (χ4v) is 0.757.